The van der Waals surface area contributed by atoms with Crippen LogP contribution in [0.4, 0.5) is 0 Å². The Morgan fingerprint density at radius 3 is 2.79 bits per heavy atom. The van der Waals surface area contributed by atoms with Crippen LogP contribution in [0.15, 0.2) is 27.4 Å². The second-order valence-corrected chi connectivity index (χ2v) is 5.02. The molecule has 6 nitrogen and oxygen atoms in total. The van der Waals surface area contributed by atoms with Crippen LogP contribution in [0.2, 0.25) is 0 Å². The molecule has 0 aliphatic heterocycles. The summed E-state index contributed by atoms with van der Waals surface area (Å²) >= 11 is 0. The summed E-state index contributed by atoms with van der Waals surface area (Å²) in [5.41, 5.74) is 3.78. The number of nitrogens with zero attached hydrogens (tertiary/aromatic N) is 1. The smallest absolute Gasteiger partial charge is 0.408 e. The Labute approximate surface area is 109 Å². The molecule has 2 aromatic rings. The lowest BCUT2D eigenvalue weighted by molar-refractivity contribution is -0.130. The Morgan fingerprint density at radius 1 is 1.47 bits per heavy atom. The summed E-state index contributed by atoms with van der Waals surface area (Å²) in [4.78, 5) is 23.5. The Hall–Kier alpha value is -2.08. The maximum atomic E-state index is 12.0. The lowest BCUT2D eigenvalue weighted by Gasteiger charge is -2.40. The van der Waals surface area contributed by atoms with E-state index in [4.69, 9.17) is 10.3 Å². The van der Waals surface area contributed by atoms with E-state index in [1.54, 1.807) is 13.1 Å². The van der Waals surface area contributed by atoms with E-state index in [-0.39, 0.29) is 5.91 Å². The van der Waals surface area contributed by atoms with Crippen molar-refractivity contribution in [2.75, 3.05) is 0 Å². The van der Waals surface area contributed by atoms with E-state index in [2.05, 4.69) is 5.43 Å². The van der Waals surface area contributed by atoms with Crippen LogP contribution >= 0.6 is 0 Å². The number of carbonyl (C=O) groups is 1. The second kappa shape index (κ2) is 3.96. The minimum absolute atomic E-state index is 0.174. The van der Waals surface area contributed by atoms with Crippen molar-refractivity contribution in [2.45, 2.75) is 24.7 Å². The predicted molar refractivity (Wildman–Crippen MR) is 69.3 cm³/mol. The SMILES string of the molecule is Cn1c(=O)oc2ccc(C3(C(=O)NN)CCC3)cc21. The number of hydrogen-bond donors (Lipinski definition) is 2. The van der Waals surface area contributed by atoms with Gasteiger partial charge in [0.15, 0.2) is 5.58 Å². The fourth-order valence-corrected chi connectivity index (χ4v) is 2.74. The molecule has 1 saturated carbocycles. The molecule has 0 spiro atoms. The quantitative estimate of drug-likeness (QED) is 0.469. The van der Waals surface area contributed by atoms with E-state index in [0.29, 0.717) is 11.1 Å². The highest BCUT2D eigenvalue weighted by molar-refractivity contribution is 5.90. The summed E-state index contributed by atoms with van der Waals surface area (Å²) in [5.74, 6) is 4.70. The monoisotopic (exact) mass is 261 g/mol. The number of oxazole rings is 1. The largest absolute Gasteiger partial charge is 0.419 e. The van der Waals surface area contributed by atoms with Crippen molar-refractivity contribution in [3.8, 4) is 0 Å². The van der Waals surface area contributed by atoms with Crippen LogP contribution in [-0.4, -0.2) is 10.5 Å². The van der Waals surface area contributed by atoms with Crippen molar-refractivity contribution >= 4 is 17.0 Å². The first-order valence-electron chi connectivity index (χ1n) is 6.19. The van der Waals surface area contributed by atoms with Crippen molar-refractivity contribution in [1.29, 1.82) is 0 Å². The molecular formula is C13H15N3O3. The first-order chi connectivity index (χ1) is 9.08. The highest BCUT2D eigenvalue weighted by atomic mass is 16.4. The fraction of sp³-hybridized carbons (Fsp3) is 0.385. The molecule has 1 aliphatic rings. The van der Waals surface area contributed by atoms with Crippen molar-refractivity contribution in [3.63, 3.8) is 0 Å². The van der Waals surface area contributed by atoms with Gasteiger partial charge in [-0.05, 0) is 30.5 Å². The molecular weight excluding hydrogens is 246 g/mol. The number of hydrogen-bond acceptors (Lipinski definition) is 4. The van der Waals surface area contributed by atoms with Gasteiger partial charge in [0.25, 0.3) is 0 Å². The summed E-state index contributed by atoms with van der Waals surface area (Å²) < 4.78 is 6.52. The van der Waals surface area contributed by atoms with Gasteiger partial charge in [-0.15, -0.1) is 0 Å². The molecule has 1 amide bonds. The van der Waals surface area contributed by atoms with Gasteiger partial charge in [0.05, 0.1) is 10.9 Å². The number of benzene rings is 1. The van der Waals surface area contributed by atoms with E-state index in [9.17, 15) is 9.59 Å². The lowest BCUT2D eigenvalue weighted by atomic mass is 9.64. The molecule has 6 heteroatoms. The van der Waals surface area contributed by atoms with E-state index in [0.717, 1.165) is 24.8 Å². The maximum Gasteiger partial charge on any atom is 0.419 e. The molecule has 3 rings (SSSR count). The van der Waals surface area contributed by atoms with E-state index >= 15 is 0 Å². The van der Waals surface area contributed by atoms with Gasteiger partial charge in [0.1, 0.15) is 0 Å². The number of amides is 1. The van der Waals surface area contributed by atoms with Crippen molar-refractivity contribution in [3.05, 3.63) is 34.3 Å². The van der Waals surface area contributed by atoms with E-state index < -0.39 is 11.2 Å². The normalized spacial score (nSPS) is 17.2. The van der Waals surface area contributed by atoms with Crippen LogP contribution in [0.5, 0.6) is 0 Å². The summed E-state index contributed by atoms with van der Waals surface area (Å²) in [6.07, 6.45) is 2.54. The molecule has 1 aliphatic carbocycles. The van der Waals surface area contributed by atoms with Crippen LogP contribution in [0, 0.1) is 0 Å². The molecule has 1 heterocycles. The minimum Gasteiger partial charge on any atom is -0.408 e. The Balaban J connectivity index is 2.17. The molecule has 0 bridgehead atoms. The van der Waals surface area contributed by atoms with Crippen LogP contribution in [0.3, 0.4) is 0 Å². The average molecular weight is 261 g/mol. The summed E-state index contributed by atoms with van der Waals surface area (Å²) in [6.45, 7) is 0. The number of carbonyl (C=O) groups excluding carboxylic acids is 1. The topological polar surface area (TPSA) is 90.3 Å². The summed E-state index contributed by atoms with van der Waals surface area (Å²) in [7, 11) is 1.65. The zero-order valence-electron chi connectivity index (χ0n) is 10.6. The number of hydrazine groups is 1. The molecule has 0 atom stereocenters. The predicted octanol–water partition coefficient (Wildman–Crippen LogP) is 0.543. The van der Waals surface area contributed by atoms with Crippen molar-refractivity contribution in [1.82, 2.24) is 9.99 Å². The van der Waals surface area contributed by atoms with Crippen LogP contribution in [0.25, 0.3) is 11.1 Å². The molecule has 100 valence electrons. The Morgan fingerprint density at radius 2 is 2.21 bits per heavy atom. The third-order valence-electron chi connectivity index (χ3n) is 4.12. The summed E-state index contributed by atoms with van der Waals surface area (Å²) in [5, 5.41) is 0. The Kier molecular flexibility index (Phi) is 2.50. The molecule has 1 aromatic carbocycles. The number of rotatable bonds is 2. The number of aryl methyl sites for hydroxylation is 1. The van der Waals surface area contributed by atoms with Crippen LogP contribution in [-0.2, 0) is 17.3 Å². The fourth-order valence-electron chi connectivity index (χ4n) is 2.74. The standard InChI is InChI=1S/C13H15N3O3/c1-16-9-7-8(3-4-10(9)19-12(16)18)13(5-2-6-13)11(17)15-14/h3-4,7H,2,5-6,14H2,1H3,(H,15,17). The third-order valence-corrected chi connectivity index (χ3v) is 4.12. The first kappa shape index (κ1) is 12.0. The van der Waals surface area contributed by atoms with Crippen LogP contribution in [0.1, 0.15) is 24.8 Å². The van der Waals surface area contributed by atoms with Gasteiger partial charge in [-0.25, -0.2) is 10.6 Å². The van der Waals surface area contributed by atoms with Crippen LogP contribution < -0.4 is 17.0 Å². The lowest BCUT2D eigenvalue weighted by Crippen LogP contribution is -2.51. The molecule has 19 heavy (non-hydrogen) atoms. The molecule has 1 fully saturated rings. The third kappa shape index (κ3) is 1.53. The number of nitrogens with one attached hydrogen (secondary N) is 1. The maximum absolute atomic E-state index is 12.0. The van der Waals surface area contributed by atoms with Gasteiger partial charge >= 0.3 is 5.76 Å². The number of aromatic nitrogens is 1. The highest BCUT2D eigenvalue weighted by Crippen LogP contribution is 2.44. The first-order valence-corrected chi connectivity index (χ1v) is 6.19. The van der Waals surface area contributed by atoms with E-state index in [1.165, 1.54) is 4.57 Å². The van der Waals surface area contributed by atoms with Gasteiger partial charge in [0.2, 0.25) is 5.91 Å². The highest BCUT2D eigenvalue weighted by Gasteiger charge is 2.45. The zero-order chi connectivity index (χ0) is 13.6. The van der Waals surface area contributed by atoms with Crippen molar-refractivity contribution < 1.29 is 9.21 Å². The molecule has 0 radical (unpaired) electrons. The minimum atomic E-state index is -0.559. The van der Waals surface area contributed by atoms with Gasteiger partial charge in [-0.2, -0.15) is 0 Å². The van der Waals surface area contributed by atoms with Gasteiger partial charge < -0.3 is 4.42 Å². The average Bonchev–Trinajstić information content (AvgIpc) is 2.64. The molecule has 0 unspecified atom stereocenters. The van der Waals surface area contributed by atoms with Gasteiger partial charge in [0, 0.05) is 7.05 Å². The molecule has 1 aromatic heterocycles. The molecule has 3 N–H and O–H groups in total. The van der Waals surface area contributed by atoms with Crippen molar-refractivity contribution in [2.24, 2.45) is 12.9 Å². The van der Waals surface area contributed by atoms with Gasteiger partial charge in [-0.3, -0.25) is 14.8 Å². The second-order valence-electron chi connectivity index (χ2n) is 5.02. The van der Waals surface area contributed by atoms with E-state index in [1.807, 2.05) is 12.1 Å². The molecule has 0 saturated heterocycles. The Bertz CT molecular complexity index is 709. The number of nitrogens with two attached hydrogens (primary N) is 1. The zero-order valence-corrected chi connectivity index (χ0v) is 10.6. The number of fused-ring (bicyclic) bond motifs is 1. The summed E-state index contributed by atoms with van der Waals surface area (Å²) in [6, 6.07) is 5.41. The van der Waals surface area contributed by atoms with Gasteiger partial charge in [-0.1, -0.05) is 12.5 Å².